The zero-order chi connectivity index (χ0) is 17.3. The van der Waals surface area contributed by atoms with Crippen LogP contribution in [0.2, 0.25) is 5.02 Å². The van der Waals surface area contributed by atoms with Crippen LogP contribution in [0, 0.1) is 18.7 Å². The zero-order valence-corrected chi connectivity index (χ0v) is 14.6. The topological polar surface area (TPSA) is 46.9 Å². The van der Waals surface area contributed by atoms with Gasteiger partial charge in [-0.15, -0.1) is 0 Å². The lowest BCUT2D eigenvalue weighted by molar-refractivity contribution is 0.0918. The Labute approximate surface area is 146 Å². The van der Waals surface area contributed by atoms with Crippen molar-refractivity contribution >= 4 is 17.5 Å². The molecule has 4 nitrogen and oxygen atoms in total. The lowest BCUT2D eigenvalue weighted by Crippen LogP contribution is -2.39. The number of hydrogen-bond donors (Lipinski definition) is 1. The number of nitrogens with one attached hydrogen (secondary N) is 1. The van der Waals surface area contributed by atoms with Gasteiger partial charge in [-0.1, -0.05) is 30.2 Å². The second kappa shape index (κ2) is 6.93. The van der Waals surface area contributed by atoms with E-state index in [-0.39, 0.29) is 17.8 Å². The molecule has 0 saturated heterocycles. The van der Waals surface area contributed by atoms with E-state index in [1.807, 2.05) is 12.1 Å². The number of hydrogen-bond acceptors (Lipinski definition) is 2. The van der Waals surface area contributed by atoms with Crippen LogP contribution in [0.1, 0.15) is 41.0 Å². The maximum atomic E-state index is 13.0. The van der Waals surface area contributed by atoms with E-state index in [9.17, 15) is 9.18 Å². The van der Waals surface area contributed by atoms with Crippen molar-refractivity contribution in [2.45, 2.75) is 38.6 Å². The van der Waals surface area contributed by atoms with Crippen molar-refractivity contribution in [3.8, 4) is 0 Å². The van der Waals surface area contributed by atoms with Gasteiger partial charge in [0.15, 0.2) is 0 Å². The first-order valence-electron chi connectivity index (χ1n) is 8.20. The quantitative estimate of drug-likeness (QED) is 0.915. The molecule has 2 atom stereocenters. The van der Waals surface area contributed by atoms with Gasteiger partial charge in [-0.3, -0.25) is 9.48 Å². The minimum Gasteiger partial charge on any atom is -0.348 e. The van der Waals surface area contributed by atoms with Crippen LogP contribution in [0.3, 0.4) is 0 Å². The van der Waals surface area contributed by atoms with E-state index in [2.05, 4.69) is 10.4 Å². The van der Waals surface area contributed by atoms with E-state index in [1.165, 1.54) is 16.8 Å². The highest BCUT2D eigenvalue weighted by Gasteiger charge is 2.30. The molecule has 1 aliphatic rings. The van der Waals surface area contributed by atoms with Gasteiger partial charge in [-0.25, -0.2) is 4.39 Å². The van der Waals surface area contributed by atoms with E-state index in [4.69, 9.17) is 11.6 Å². The third-order valence-electron chi connectivity index (χ3n) is 4.75. The van der Waals surface area contributed by atoms with Crippen LogP contribution in [-0.4, -0.2) is 21.7 Å². The van der Waals surface area contributed by atoms with Gasteiger partial charge in [0.05, 0.1) is 10.7 Å². The number of amides is 1. The molecule has 0 aliphatic heterocycles. The smallest absolute Gasteiger partial charge is 0.271 e. The summed E-state index contributed by atoms with van der Waals surface area (Å²) < 4.78 is 14.6. The molecular formula is C18H21ClFN3O. The molecule has 0 spiro atoms. The summed E-state index contributed by atoms with van der Waals surface area (Å²) in [6, 6.07) is 6.70. The highest BCUT2D eigenvalue weighted by Crippen LogP contribution is 2.30. The van der Waals surface area contributed by atoms with Gasteiger partial charge in [0.2, 0.25) is 0 Å². The summed E-state index contributed by atoms with van der Waals surface area (Å²) in [5, 5.41) is 7.71. The molecular weight excluding hydrogens is 329 g/mol. The number of benzene rings is 1. The fourth-order valence-corrected chi connectivity index (χ4v) is 3.76. The Balaban J connectivity index is 1.69. The molecule has 128 valence electrons. The average Bonchev–Trinajstić information content (AvgIpc) is 3.06. The molecule has 1 fully saturated rings. The molecule has 1 amide bonds. The van der Waals surface area contributed by atoms with Gasteiger partial charge in [0, 0.05) is 13.1 Å². The zero-order valence-electron chi connectivity index (χ0n) is 13.9. The Morgan fingerprint density at radius 2 is 2.08 bits per heavy atom. The van der Waals surface area contributed by atoms with Gasteiger partial charge in [-0.05, 0) is 49.8 Å². The van der Waals surface area contributed by atoms with E-state index in [0.717, 1.165) is 31.2 Å². The predicted molar refractivity (Wildman–Crippen MR) is 91.7 cm³/mol. The summed E-state index contributed by atoms with van der Waals surface area (Å²) in [6.07, 6.45) is 3.92. The summed E-state index contributed by atoms with van der Waals surface area (Å²) in [7, 11) is 1.72. The van der Waals surface area contributed by atoms with Crippen LogP contribution < -0.4 is 5.32 Å². The summed E-state index contributed by atoms with van der Waals surface area (Å²) in [4.78, 5) is 12.6. The molecule has 1 aromatic carbocycles. The number of aryl methyl sites for hydroxylation is 2. The van der Waals surface area contributed by atoms with Crippen molar-refractivity contribution in [3.05, 3.63) is 52.1 Å². The maximum Gasteiger partial charge on any atom is 0.271 e. The number of rotatable bonds is 4. The second-order valence-corrected chi connectivity index (χ2v) is 6.85. The van der Waals surface area contributed by atoms with Crippen molar-refractivity contribution in [2.24, 2.45) is 13.0 Å². The van der Waals surface area contributed by atoms with Crippen LogP contribution in [0.5, 0.6) is 0 Å². The number of carbonyl (C=O) groups is 1. The van der Waals surface area contributed by atoms with E-state index >= 15 is 0 Å². The molecule has 1 saturated carbocycles. The Bertz CT molecular complexity index is 741. The molecule has 6 heteroatoms. The van der Waals surface area contributed by atoms with Crippen molar-refractivity contribution < 1.29 is 9.18 Å². The van der Waals surface area contributed by atoms with Gasteiger partial charge in [-0.2, -0.15) is 5.10 Å². The third kappa shape index (κ3) is 3.46. The van der Waals surface area contributed by atoms with Crippen LogP contribution >= 0.6 is 11.6 Å². The van der Waals surface area contributed by atoms with E-state index in [1.54, 1.807) is 14.0 Å². The predicted octanol–water partition coefficient (Wildman–Crippen LogP) is 3.66. The minimum atomic E-state index is -0.226. The highest BCUT2D eigenvalue weighted by molar-refractivity contribution is 6.34. The monoisotopic (exact) mass is 349 g/mol. The number of carbonyl (C=O) groups excluding carboxylic acids is 1. The van der Waals surface area contributed by atoms with Crippen LogP contribution in [-0.2, 0) is 13.5 Å². The van der Waals surface area contributed by atoms with Gasteiger partial charge in [0.25, 0.3) is 5.91 Å². The highest BCUT2D eigenvalue weighted by atomic mass is 35.5. The Kier molecular flexibility index (Phi) is 4.90. The standard InChI is InChI=1S/C18H21ClFN3O/c1-11-16(19)17(23(2)22-11)18(24)21-15-5-3-4-13(15)10-12-6-8-14(20)9-7-12/h6-9,13,15H,3-5,10H2,1-2H3,(H,21,24). The molecule has 0 bridgehead atoms. The Morgan fingerprint density at radius 1 is 1.38 bits per heavy atom. The van der Waals surface area contributed by atoms with Crippen LogP contribution in [0.15, 0.2) is 24.3 Å². The fraction of sp³-hybridized carbons (Fsp3) is 0.444. The molecule has 24 heavy (non-hydrogen) atoms. The number of aromatic nitrogens is 2. The minimum absolute atomic E-state index is 0.105. The van der Waals surface area contributed by atoms with Crippen LogP contribution in [0.4, 0.5) is 4.39 Å². The lowest BCUT2D eigenvalue weighted by Gasteiger charge is -2.21. The Morgan fingerprint density at radius 3 is 2.71 bits per heavy atom. The molecule has 0 radical (unpaired) electrons. The van der Waals surface area contributed by atoms with Crippen molar-refractivity contribution in [1.82, 2.24) is 15.1 Å². The van der Waals surface area contributed by atoms with Gasteiger partial charge in [0.1, 0.15) is 11.5 Å². The summed E-state index contributed by atoms with van der Waals surface area (Å²) >= 11 is 6.20. The SMILES string of the molecule is Cc1nn(C)c(C(=O)NC2CCCC2Cc2ccc(F)cc2)c1Cl. The summed E-state index contributed by atoms with van der Waals surface area (Å²) in [5.41, 5.74) is 2.15. The largest absolute Gasteiger partial charge is 0.348 e. The first kappa shape index (κ1) is 17.0. The molecule has 1 aliphatic carbocycles. The lowest BCUT2D eigenvalue weighted by atomic mass is 9.94. The first-order valence-corrected chi connectivity index (χ1v) is 8.58. The van der Waals surface area contributed by atoms with E-state index < -0.39 is 0 Å². The number of halogens is 2. The van der Waals surface area contributed by atoms with E-state index in [0.29, 0.717) is 22.3 Å². The Hall–Kier alpha value is -1.88. The number of nitrogens with zero attached hydrogens (tertiary/aromatic N) is 2. The van der Waals surface area contributed by atoms with Crippen LogP contribution in [0.25, 0.3) is 0 Å². The fourth-order valence-electron chi connectivity index (χ4n) is 3.51. The van der Waals surface area contributed by atoms with Crippen molar-refractivity contribution in [1.29, 1.82) is 0 Å². The van der Waals surface area contributed by atoms with Gasteiger partial charge >= 0.3 is 0 Å². The first-order chi connectivity index (χ1) is 11.5. The third-order valence-corrected chi connectivity index (χ3v) is 5.20. The maximum absolute atomic E-state index is 13.0. The summed E-state index contributed by atoms with van der Waals surface area (Å²) in [5.74, 6) is -0.0529. The molecule has 2 unspecified atom stereocenters. The van der Waals surface area contributed by atoms with Crippen molar-refractivity contribution in [3.63, 3.8) is 0 Å². The second-order valence-electron chi connectivity index (χ2n) is 6.47. The molecule has 1 aromatic heterocycles. The molecule has 2 aromatic rings. The molecule has 1 heterocycles. The van der Waals surface area contributed by atoms with Gasteiger partial charge < -0.3 is 5.32 Å². The van der Waals surface area contributed by atoms with Crippen molar-refractivity contribution in [2.75, 3.05) is 0 Å². The summed E-state index contributed by atoms with van der Waals surface area (Å²) in [6.45, 7) is 1.78. The molecule has 1 N–H and O–H groups in total. The molecule has 3 rings (SSSR count). The normalized spacial score (nSPS) is 20.3. The average molecular weight is 350 g/mol.